The fraction of sp³-hybridized carbons (Fsp3) is 0.312. The summed E-state index contributed by atoms with van der Waals surface area (Å²) in [6, 6.07) is 5.00. The number of nitrogens with zero attached hydrogens (tertiary/aromatic N) is 1. The standard InChI is InChI=1S/C16H18N2O5S/c1-21-10-4-5-11(13(8-10)22-2)18-15(20)14(23-3)9-12(19)16-17-6-7-24-16/h4-8,14H,9H2,1-3H3,(H,18,20)/t14-/m1/s1. The second-order valence-electron chi connectivity index (χ2n) is 4.74. The van der Waals surface area contributed by atoms with E-state index in [0.29, 0.717) is 22.2 Å². The van der Waals surface area contributed by atoms with Crippen LogP contribution in [0.1, 0.15) is 16.2 Å². The molecular weight excluding hydrogens is 332 g/mol. The summed E-state index contributed by atoms with van der Waals surface area (Å²) < 4.78 is 15.5. The second-order valence-corrected chi connectivity index (χ2v) is 5.64. The zero-order valence-corrected chi connectivity index (χ0v) is 14.4. The van der Waals surface area contributed by atoms with E-state index in [1.54, 1.807) is 29.8 Å². The lowest BCUT2D eigenvalue weighted by Crippen LogP contribution is -2.31. The smallest absolute Gasteiger partial charge is 0.254 e. The number of benzene rings is 1. The first-order valence-electron chi connectivity index (χ1n) is 7.07. The van der Waals surface area contributed by atoms with Crippen LogP contribution < -0.4 is 14.8 Å². The molecule has 0 saturated heterocycles. The predicted octanol–water partition coefficient (Wildman–Crippen LogP) is 2.39. The Balaban J connectivity index is 2.08. The van der Waals surface area contributed by atoms with Gasteiger partial charge >= 0.3 is 0 Å². The van der Waals surface area contributed by atoms with Gasteiger partial charge in [0.1, 0.15) is 17.6 Å². The maximum atomic E-state index is 12.4. The summed E-state index contributed by atoms with van der Waals surface area (Å²) in [5, 5.41) is 4.76. The highest BCUT2D eigenvalue weighted by atomic mass is 32.1. The minimum absolute atomic E-state index is 0.0890. The molecule has 1 N–H and O–H groups in total. The number of Topliss-reactive ketones (excluding diaryl/α,β-unsaturated/α-hetero) is 1. The Morgan fingerprint density at radius 2 is 2.04 bits per heavy atom. The van der Waals surface area contributed by atoms with Gasteiger partial charge in [0, 0.05) is 31.2 Å². The van der Waals surface area contributed by atoms with Crippen LogP contribution >= 0.6 is 11.3 Å². The summed E-state index contributed by atoms with van der Waals surface area (Å²) in [6.07, 6.45) is 0.532. The van der Waals surface area contributed by atoms with Gasteiger partial charge in [0.2, 0.25) is 0 Å². The minimum atomic E-state index is -0.923. The molecule has 0 spiro atoms. The van der Waals surface area contributed by atoms with E-state index in [1.807, 2.05) is 0 Å². The summed E-state index contributed by atoms with van der Waals surface area (Å²) in [4.78, 5) is 28.4. The van der Waals surface area contributed by atoms with Crippen molar-refractivity contribution in [1.82, 2.24) is 4.98 Å². The average molecular weight is 350 g/mol. The van der Waals surface area contributed by atoms with Crippen LogP contribution in [0.2, 0.25) is 0 Å². The Hall–Kier alpha value is -2.45. The number of amides is 1. The topological polar surface area (TPSA) is 86.8 Å². The molecule has 0 aliphatic heterocycles. The quantitative estimate of drug-likeness (QED) is 0.736. The van der Waals surface area contributed by atoms with Gasteiger partial charge in [0.05, 0.1) is 19.9 Å². The van der Waals surface area contributed by atoms with Gasteiger partial charge in [0.25, 0.3) is 5.91 Å². The lowest BCUT2D eigenvalue weighted by Gasteiger charge is -2.16. The third kappa shape index (κ3) is 4.30. The van der Waals surface area contributed by atoms with Crippen LogP contribution in [0.4, 0.5) is 5.69 Å². The molecule has 1 aromatic heterocycles. The number of hydrogen-bond donors (Lipinski definition) is 1. The molecule has 2 rings (SSSR count). The number of thiazole rings is 1. The molecule has 7 nitrogen and oxygen atoms in total. The SMILES string of the molecule is COc1ccc(NC(=O)[C@@H](CC(=O)c2nccs2)OC)c(OC)c1. The molecule has 24 heavy (non-hydrogen) atoms. The van der Waals surface area contributed by atoms with Crippen LogP contribution in [-0.4, -0.2) is 44.1 Å². The van der Waals surface area contributed by atoms with Gasteiger partial charge in [-0.05, 0) is 12.1 Å². The van der Waals surface area contributed by atoms with Crippen LogP contribution in [0.5, 0.6) is 11.5 Å². The van der Waals surface area contributed by atoms with E-state index in [-0.39, 0.29) is 12.2 Å². The van der Waals surface area contributed by atoms with Gasteiger partial charge in [-0.25, -0.2) is 4.98 Å². The van der Waals surface area contributed by atoms with Crippen molar-refractivity contribution in [2.75, 3.05) is 26.6 Å². The third-order valence-electron chi connectivity index (χ3n) is 3.29. The number of aromatic nitrogens is 1. The molecule has 1 atom stereocenters. The van der Waals surface area contributed by atoms with Crippen molar-refractivity contribution in [2.24, 2.45) is 0 Å². The van der Waals surface area contributed by atoms with E-state index >= 15 is 0 Å². The normalized spacial score (nSPS) is 11.6. The van der Waals surface area contributed by atoms with Crippen LogP contribution in [0.25, 0.3) is 0 Å². The molecule has 0 aliphatic rings. The van der Waals surface area contributed by atoms with E-state index in [4.69, 9.17) is 14.2 Å². The van der Waals surface area contributed by atoms with Crippen molar-refractivity contribution < 1.29 is 23.8 Å². The fourth-order valence-electron chi connectivity index (χ4n) is 2.01. The second kappa shape index (κ2) is 8.42. The average Bonchev–Trinajstić information content (AvgIpc) is 3.14. The van der Waals surface area contributed by atoms with Crippen molar-refractivity contribution in [2.45, 2.75) is 12.5 Å². The number of carbonyl (C=O) groups excluding carboxylic acids is 2. The minimum Gasteiger partial charge on any atom is -0.497 e. The molecule has 1 heterocycles. The molecular formula is C16H18N2O5S. The summed E-state index contributed by atoms with van der Waals surface area (Å²) in [5.74, 6) is 0.371. The predicted molar refractivity (Wildman–Crippen MR) is 90.0 cm³/mol. The zero-order valence-electron chi connectivity index (χ0n) is 13.6. The molecule has 128 valence electrons. The summed E-state index contributed by atoms with van der Waals surface area (Å²) in [5.41, 5.74) is 0.465. The molecule has 8 heteroatoms. The van der Waals surface area contributed by atoms with Crippen molar-refractivity contribution in [3.05, 3.63) is 34.8 Å². The molecule has 0 fully saturated rings. The maximum Gasteiger partial charge on any atom is 0.254 e. The van der Waals surface area contributed by atoms with Crippen LogP contribution in [0.3, 0.4) is 0 Å². The zero-order chi connectivity index (χ0) is 17.5. The van der Waals surface area contributed by atoms with Crippen LogP contribution in [0, 0.1) is 0 Å². The van der Waals surface area contributed by atoms with E-state index in [9.17, 15) is 9.59 Å². The largest absolute Gasteiger partial charge is 0.497 e. The molecule has 1 amide bonds. The first-order chi connectivity index (χ1) is 11.6. The van der Waals surface area contributed by atoms with Crippen molar-refractivity contribution in [3.63, 3.8) is 0 Å². The van der Waals surface area contributed by atoms with Crippen LogP contribution in [-0.2, 0) is 9.53 Å². The highest BCUT2D eigenvalue weighted by Gasteiger charge is 2.24. The van der Waals surface area contributed by atoms with Gasteiger partial charge in [-0.3, -0.25) is 9.59 Å². The number of anilines is 1. The van der Waals surface area contributed by atoms with Gasteiger partial charge in [-0.2, -0.15) is 0 Å². The summed E-state index contributed by atoms with van der Waals surface area (Å²) in [6.45, 7) is 0. The molecule has 0 bridgehead atoms. The summed E-state index contributed by atoms with van der Waals surface area (Å²) in [7, 11) is 4.41. The van der Waals surface area contributed by atoms with Gasteiger partial charge in [-0.15, -0.1) is 11.3 Å². The molecule has 2 aromatic rings. The van der Waals surface area contributed by atoms with E-state index in [0.717, 1.165) is 0 Å². The first-order valence-corrected chi connectivity index (χ1v) is 7.95. The Morgan fingerprint density at radius 3 is 2.62 bits per heavy atom. The molecule has 1 aromatic carbocycles. The number of hydrogen-bond acceptors (Lipinski definition) is 7. The summed E-state index contributed by atoms with van der Waals surface area (Å²) >= 11 is 1.23. The Labute approximate surface area is 143 Å². The van der Waals surface area contributed by atoms with Crippen molar-refractivity contribution in [1.29, 1.82) is 0 Å². The molecule has 0 unspecified atom stereocenters. The number of nitrogens with one attached hydrogen (secondary N) is 1. The lowest BCUT2D eigenvalue weighted by molar-refractivity contribution is -0.125. The monoisotopic (exact) mass is 350 g/mol. The van der Waals surface area contributed by atoms with Crippen LogP contribution in [0.15, 0.2) is 29.8 Å². The van der Waals surface area contributed by atoms with Gasteiger partial charge in [-0.1, -0.05) is 0 Å². The highest BCUT2D eigenvalue weighted by molar-refractivity contribution is 7.11. The van der Waals surface area contributed by atoms with E-state index < -0.39 is 12.0 Å². The maximum absolute atomic E-state index is 12.4. The number of ketones is 1. The Kier molecular flexibility index (Phi) is 6.28. The van der Waals surface area contributed by atoms with Crippen molar-refractivity contribution >= 4 is 28.7 Å². The van der Waals surface area contributed by atoms with Gasteiger partial charge in [0.15, 0.2) is 10.8 Å². The highest BCUT2D eigenvalue weighted by Crippen LogP contribution is 2.29. The fourth-order valence-corrected chi connectivity index (χ4v) is 2.60. The van der Waals surface area contributed by atoms with E-state index in [2.05, 4.69) is 10.3 Å². The van der Waals surface area contributed by atoms with E-state index in [1.165, 1.54) is 32.7 Å². The number of carbonyl (C=O) groups is 2. The molecule has 0 saturated carbocycles. The number of rotatable bonds is 8. The first kappa shape index (κ1) is 17.9. The molecule has 0 radical (unpaired) electrons. The number of methoxy groups -OCH3 is 3. The third-order valence-corrected chi connectivity index (χ3v) is 4.10. The number of ether oxygens (including phenoxy) is 3. The lowest BCUT2D eigenvalue weighted by atomic mass is 10.1. The Bertz CT molecular complexity index is 702. The van der Waals surface area contributed by atoms with Crippen molar-refractivity contribution in [3.8, 4) is 11.5 Å². The van der Waals surface area contributed by atoms with Gasteiger partial charge < -0.3 is 19.5 Å². The molecule has 0 aliphatic carbocycles. The Morgan fingerprint density at radius 1 is 1.25 bits per heavy atom.